The van der Waals surface area contributed by atoms with Crippen LogP contribution in [0.4, 0.5) is 5.69 Å². The van der Waals surface area contributed by atoms with Crippen molar-refractivity contribution in [2.45, 2.75) is 38.6 Å². The van der Waals surface area contributed by atoms with Crippen molar-refractivity contribution in [1.82, 2.24) is 5.32 Å². The molecule has 2 saturated carbocycles. The molecular weight excluding hydrogens is 296 g/mol. The highest BCUT2D eigenvalue weighted by Crippen LogP contribution is 2.44. The van der Waals surface area contributed by atoms with Gasteiger partial charge in [-0.15, -0.1) is 0 Å². The fourth-order valence-electron chi connectivity index (χ4n) is 3.70. The molecule has 4 nitrogen and oxygen atoms in total. The number of hydrogen-bond donors (Lipinski definition) is 2. The molecule has 118 valence electrons. The molecule has 5 heteroatoms. The summed E-state index contributed by atoms with van der Waals surface area (Å²) in [7, 11) is 0. The van der Waals surface area contributed by atoms with Crippen LogP contribution in [-0.2, 0) is 4.74 Å². The summed E-state index contributed by atoms with van der Waals surface area (Å²) in [6, 6.07) is 7.75. The number of fused-ring (bicyclic) bond motifs is 2. The molecule has 0 heterocycles. The molecule has 0 aromatic heterocycles. The van der Waals surface area contributed by atoms with Gasteiger partial charge in [-0.2, -0.15) is 0 Å². The summed E-state index contributed by atoms with van der Waals surface area (Å²) in [5.41, 5.74) is 1.35. The first-order valence-electron chi connectivity index (χ1n) is 8.00. The molecule has 2 N–H and O–H groups in total. The van der Waals surface area contributed by atoms with Crippen molar-refractivity contribution in [3.8, 4) is 0 Å². The Kier molecular flexibility index (Phi) is 4.62. The molecule has 3 atom stereocenters. The van der Waals surface area contributed by atoms with Crippen LogP contribution in [-0.4, -0.2) is 23.7 Å². The van der Waals surface area contributed by atoms with E-state index in [2.05, 4.69) is 10.6 Å². The van der Waals surface area contributed by atoms with Gasteiger partial charge in [-0.3, -0.25) is 0 Å². The van der Waals surface area contributed by atoms with E-state index in [1.165, 1.54) is 25.7 Å². The number of esters is 1. The maximum atomic E-state index is 11.7. The van der Waals surface area contributed by atoms with E-state index in [1.54, 1.807) is 19.1 Å². The van der Waals surface area contributed by atoms with Crippen LogP contribution in [0.3, 0.4) is 0 Å². The van der Waals surface area contributed by atoms with Gasteiger partial charge >= 0.3 is 5.97 Å². The van der Waals surface area contributed by atoms with Crippen molar-refractivity contribution in [3.63, 3.8) is 0 Å². The third-order valence-corrected chi connectivity index (χ3v) is 4.91. The maximum Gasteiger partial charge on any atom is 0.338 e. The summed E-state index contributed by atoms with van der Waals surface area (Å²) in [5, 5.41) is 7.25. The molecule has 0 spiro atoms. The minimum atomic E-state index is -0.307. The maximum absolute atomic E-state index is 11.7. The third-order valence-electron chi connectivity index (χ3n) is 4.69. The Morgan fingerprint density at radius 2 is 2.23 bits per heavy atom. The summed E-state index contributed by atoms with van der Waals surface area (Å²) < 4.78 is 5.01. The Morgan fingerprint density at radius 3 is 2.91 bits per heavy atom. The Labute approximate surface area is 136 Å². The fourth-order valence-corrected chi connectivity index (χ4v) is 3.96. The standard InChI is InChI=1S/C17H22N2O2S/c1-2-21-16(20)13-4-3-5-14(10-13)18-17(22)19-15-9-11-6-7-12(15)8-11/h3-5,10-12,15H,2,6-9H2,1H3,(H2,18,19,22)/t11-,12+,15-/m0/s1. The lowest BCUT2D eigenvalue weighted by atomic mass is 9.96. The molecule has 0 amide bonds. The second-order valence-corrected chi connectivity index (χ2v) is 6.59. The third kappa shape index (κ3) is 3.40. The molecular formula is C17H22N2O2S. The van der Waals surface area contributed by atoms with Gasteiger partial charge in [-0.25, -0.2) is 4.79 Å². The molecule has 2 bridgehead atoms. The highest BCUT2D eigenvalue weighted by atomic mass is 32.1. The Morgan fingerprint density at radius 1 is 1.36 bits per heavy atom. The van der Waals surface area contributed by atoms with E-state index in [9.17, 15) is 4.79 Å². The van der Waals surface area contributed by atoms with Gasteiger partial charge < -0.3 is 15.4 Å². The van der Waals surface area contributed by atoms with Crippen molar-refractivity contribution < 1.29 is 9.53 Å². The van der Waals surface area contributed by atoms with Crippen LogP contribution in [0.1, 0.15) is 43.0 Å². The smallest absolute Gasteiger partial charge is 0.338 e. The summed E-state index contributed by atoms with van der Waals surface area (Å²) in [6.45, 7) is 2.18. The lowest BCUT2D eigenvalue weighted by Crippen LogP contribution is -2.40. The minimum absolute atomic E-state index is 0.307. The summed E-state index contributed by atoms with van der Waals surface area (Å²) >= 11 is 5.41. The number of benzene rings is 1. The monoisotopic (exact) mass is 318 g/mol. The predicted molar refractivity (Wildman–Crippen MR) is 91.0 cm³/mol. The van der Waals surface area contributed by atoms with Crippen molar-refractivity contribution in [2.75, 3.05) is 11.9 Å². The van der Waals surface area contributed by atoms with Crippen LogP contribution in [0.2, 0.25) is 0 Å². The van der Waals surface area contributed by atoms with Gasteiger partial charge in [0, 0.05) is 11.7 Å². The number of hydrogen-bond acceptors (Lipinski definition) is 3. The van der Waals surface area contributed by atoms with Gasteiger partial charge in [0.15, 0.2) is 5.11 Å². The van der Waals surface area contributed by atoms with E-state index in [1.807, 2.05) is 12.1 Å². The first kappa shape index (κ1) is 15.3. The Hall–Kier alpha value is -1.62. The second-order valence-electron chi connectivity index (χ2n) is 6.18. The number of carbonyl (C=O) groups excluding carboxylic acids is 1. The van der Waals surface area contributed by atoms with Crippen LogP contribution >= 0.6 is 12.2 Å². The SMILES string of the molecule is CCOC(=O)c1cccc(NC(=S)N[C@H]2C[C@H]3CC[C@@H]2C3)c1. The molecule has 0 aliphatic heterocycles. The molecule has 0 radical (unpaired) electrons. The molecule has 3 rings (SSSR count). The van der Waals surface area contributed by atoms with Crippen molar-refractivity contribution >= 4 is 29.0 Å². The van der Waals surface area contributed by atoms with E-state index >= 15 is 0 Å². The van der Waals surface area contributed by atoms with Gasteiger partial charge in [0.2, 0.25) is 0 Å². The molecule has 2 aliphatic rings. The Bertz CT molecular complexity index is 576. The minimum Gasteiger partial charge on any atom is -0.462 e. The molecule has 1 aromatic rings. The molecule has 2 fully saturated rings. The first-order valence-corrected chi connectivity index (χ1v) is 8.41. The van der Waals surface area contributed by atoms with Crippen LogP contribution in [0.25, 0.3) is 0 Å². The average Bonchev–Trinajstić information content (AvgIpc) is 3.10. The number of thiocarbonyl (C=S) groups is 1. The second kappa shape index (κ2) is 6.65. The van der Waals surface area contributed by atoms with E-state index < -0.39 is 0 Å². The summed E-state index contributed by atoms with van der Waals surface area (Å²) in [4.78, 5) is 11.7. The van der Waals surface area contributed by atoms with Gasteiger partial charge in [-0.1, -0.05) is 12.5 Å². The number of rotatable bonds is 4. The molecule has 2 aliphatic carbocycles. The highest BCUT2D eigenvalue weighted by molar-refractivity contribution is 7.80. The van der Waals surface area contributed by atoms with Crippen molar-refractivity contribution in [2.24, 2.45) is 11.8 Å². The van der Waals surface area contributed by atoms with Crippen LogP contribution in [0.15, 0.2) is 24.3 Å². The highest BCUT2D eigenvalue weighted by Gasteiger charge is 2.39. The zero-order valence-corrected chi connectivity index (χ0v) is 13.6. The van der Waals surface area contributed by atoms with Gasteiger partial charge in [-0.05, 0) is 68.4 Å². The van der Waals surface area contributed by atoms with E-state index in [4.69, 9.17) is 17.0 Å². The molecule has 1 aromatic carbocycles. The number of anilines is 1. The molecule has 0 saturated heterocycles. The predicted octanol–water partition coefficient (Wildman–Crippen LogP) is 3.34. The number of ether oxygens (including phenoxy) is 1. The summed E-state index contributed by atoms with van der Waals surface area (Å²) in [6.07, 6.45) is 5.28. The van der Waals surface area contributed by atoms with E-state index in [-0.39, 0.29) is 5.97 Å². The quantitative estimate of drug-likeness (QED) is 0.659. The van der Waals surface area contributed by atoms with Crippen molar-refractivity contribution in [1.29, 1.82) is 0 Å². The molecule has 0 unspecified atom stereocenters. The zero-order valence-electron chi connectivity index (χ0n) is 12.8. The lowest BCUT2D eigenvalue weighted by Gasteiger charge is -2.24. The van der Waals surface area contributed by atoms with Crippen LogP contribution in [0.5, 0.6) is 0 Å². The normalized spacial score (nSPS) is 25.8. The van der Waals surface area contributed by atoms with E-state index in [0.717, 1.165) is 17.5 Å². The lowest BCUT2D eigenvalue weighted by molar-refractivity contribution is 0.0526. The van der Waals surface area contributed by atoms with Gasteiger partial charge in [0.25, 0.3) is 0 Å². The average molecular weight is 318 g/mol. The number of carbonyl (C=O) groups is 1. The topological polar surface area (TPSA) is 50.4 Å². The molecule has 22 heavy (non-hydrogen) atoms. The zero-order chi connectivity index (χ0) is 15.5. The van der Waals surface area contributed by atoms with Crippen LogP contribution < -0.4 is 10.6 Å². The fraction of sp³-hybridized carbons (Fsp3) is 0.529. The van der Waals surface area contributed by atoms with Crippen molar-refractivity contribution in [3.05, 3.63) is 29.8 Å². The van der Waals surface area contributed by atoms with Gasteiger partial charge in [0.1, 0.15) is 0 Å². The van der Waals surface area contributed by atoms with Gasteiger partial charge in [0.05, 0.1) is 12.2 Å². The largest absolute Gasteiger partial charge is 0.462 e. The van der Waals surface area contributed by atoms with E-state index in [0.29, 0.717) is 23.3 Å². The Balaban J connectivity index is 1.57. The summed E-state index contributed by atoms with van der Waals surface area (Å²) in [5.74, 6) is 1.35. The van der Waals surface area contributed by atoms with Crippen LogP contribution in [0, 0.1) is 11.8 Å². The number of nitrogens with one attached hydrogen (secondary N) is 2. The first-order chi connectivity index (χ1) is 10.7.